The van der Waals surface area contributed by atoms with Crippen molar-refractivity contribution in [2.24, 2.45) is 0 Å². The minimum absolute atomic E-state index is 0.0104. The van der Waals surface area contributed by atoms with E-state index in [-0.39, 0.29) is 30.5 Å². The van der Waals surface area contributed by atoms with E-state index in [1.807, 2.05) is 30.3 Å². The number of benzene rings is 1. The number of furan rings is 1. The molecule has 8 heteroatoms. The number of esters is 1. The molecule has 0 radical (unpaired) electrons. The zero-order chi connectivity index (χ0) is 18.4. The van der Waals surface area contributed by atoms with E-state index in [0.717, 1.165) is 5.56 Å². The molecule has 0 spiro atoms. The molecular formula is C18H17N3O5. The summed E-state index contributed by atoms with van der Waals surface area (Å²) in [6.45, 7) is 1.77. The van der Waals surface area contributed by atoms with Crippen LogP contribution in [0.2, 0.25) is 0 Å². The monoisotopic (exact) mass is 355 g/mol. The van der Waals surface area contributed by atoms with Crippen molar-refractivity contribution >= 4 is 11.9 Å². The van der Waals surface area contributed by atoms with Gasteiger partial charge >= 0.3 is 5.97 Å². The van der Waals surface area contributed by atoms with E-state index in [0.29, 0.717) is 5.89 Å². The predicted octanol–water partition coefficient (Wildman–Crippen LogP) is 2.75. The van der Waals surface area contributed by atoms with Gasteiger partial charge in [-0.1, -0.05) is 18.2 Å². The Labute approximate surface area is 149 Å². The van der Waals surface area contributed by atoms with Crippen LogP contribution in [0.15, 0.2) is 57.6 Å². The SMILES string of the molecule is C[C@@H](OC(=O)CCNC(=O)c1ccco1)c1nnc(-c2ccccc2)o1. The average Bonchev–Trinajstić information content (AvgIpc) is 3.34. The summed E-state index contributed by atoms with van der Waals surface area (Å²) in [6.07, 6.45) is 0.725. The summed E-state index contributed by atoms with van der Waals surface area (Å²) in [7, 11) is 0. The van der Waals surface area contributed by atoms with Crippen molar-refractivity contribution in [1.82, 2.24) is 15.5 Å². The van der Waals surface area contributed by atoms with Gasteiger partial charge in [-0.2, -0.15) is 0 Å². The summed E-state index contributed by atoms with van der Waals surface area (Å²) in [6, 6.07) is 12.4. The molecule has 26 heavy (non-hydrogen) atoms. The Balaban J connectivity index is 1.47. The summed E-state index contributed by atoms with van der Waals surface area (Å²) < 4.78 is 15.7. The third kappa shape index (κ3) is 4.35. The van der Waals surface area contributed by atoms with Crippen LogP contribution in [0.3, 0.4) is 0 Å². The molecule has 0 saturated heterocycles. The summed E-state index contributed by atoms with van der Waals surface area (Å²) in [5.41, 5.74) is 0.783. The highest BCUT2D eigenvalue weighted by Gasteiger charge is 2.19. The van der Waals surface area contributed by atoms with Gasteiger partial charge in [0, 0.05) is 12.1 Å². The number of nitrogens with zero attached hydrogens (tertiary/aromatic N) is 2. The summed E-state index contributed by atoms with van der Waals surface area (Å²) in [5.74, 6) is -0.131. The Morgan fingerprint density at radius 1 is 1.15 bits per heavy atom. The number of hydrogen-bond donors (Lipinski definition) is 1. The standard InChI is InChI=1S/C18H17N3O5/c1-12(17-20-21-18(26-17)13-6-3-2-4-7-13)25-15(22)9-10-19-16(23)14-8-5-11-24-14/h2-8,11-12H,9-10H2,1H3,(H,19,23)/t12-/m1/s1. The highest BCUT2D eigenvalue weighted by molar-refractivity contribution is 5.91. The second-order valence-corrected chi connectivity index (χ2v) is 5.43. The highest BCUT2D eigenvalue weighted by atomic mass is 16.6. The Kier molecular flexibility index (Phi) is 5.43. The molecule has 1 amide bonds. The number of rotatable bonds is 7. The topological polar surface area (TPSA) is 107 Å². The van der Waals surface area contributed by atoms with E-state index in [2.05, 4.69) is 15.5 Å². The van der Waals surface area contributed by atoms with E-state index in [4.69, 9.17) is 13.6 Å². The van der Waals surface area contributed by atoms with Gasteiger partial charge in [-0.25, -0.2) is 0 Å². The normalized spacial score (nSPS) is 11.7. The van der Waals surface area contributed by atoms with Crippen LogP contribution in [-0.4, -0.2) is 28.6 Å². The third-order valence-corrected chi connectivity index (χ3v) is 3.48. The number of hydrogen-bond acceptors (Lipinski definition) is 7. The number of carbonyl (C=O) groups excluding carboxylic acids is 2. The maximum absolute atomic E-state index is 11.9. The second-order valence-electron chi connectivity index (χ2n) is 5.43. The van der Waals surface area contributed by atoms with Crippen molar-refractivity contribution in [1.29, 1.82) is 0 Å². The zero-order valence-electron chi connectivity index (χ0n) is 14.0. The van der Waals surface area contributed by atoms with Gasteiger partial charge in [-0.3, -0.25) is 9.59 Å². The van der Waals surface area contributed by atoms with E-state index in [9.17, 15) is 9.59 Å². The van der Waals surface area contributed by atoms with Gasteiger partial charge in [-0.05, 0) is 31.2 Å². The fraction of sp³-hybridized carbons (Fsp3) is 0.222. The van der Waals surface area contributed by atoms with Crippen molar-refractivity contribution in [3.63, 3.8) is 0 Å². The maximum Gasteiger partial charge on any atom is 0.308 e. The first-order valence-corrected chi connectivity index (χ1v) is 8.03. The Morgan fingerprint density at radius 2 is 1.96 bits per heavy atom. The fourth-order valence-electron chi connectivity index (χ4n) is 2.18. The first-order chi connectivity index (χ1) is 12.6. The number of ether oxygens (including phenoxy) is 1. The molecule has 134 valence electrons. The first kappa shape index (κ1) is 17.4. The van der Waals surface area contributed by atoms with Crippen molar-refractivity contribution in [3.8, 4) is 11.5 Å². The molecule has 2 heterocycles. The van der Waals surface area contributed by atoms with Crippen molar-refractivity contribution in [3.05, 3.63) is 60.4 Å². The molecule has 3 rings (SSSR count). The number of aromatic nitrogens is 2. The van der Waals surface area contributed by atoms with Crippen LogP contribution in [0.1, 0.15) is 35.9 Å². The van der Waals surface area contributed by atoms with Crippen LogP contribution in [0.4, 0.5) is 0 Å². The molecule has 8 nitrogen and oxygen atoms in total. The lowest BCUT2D eigenvalue weighted by atomic mass is 10.2. The molecule has 0 fully saturated rings. The molecular weight excluding hydrogens is 338 g/mol. The molecule has 0 aliphatic heterocycles. The third-order valence-electron chi connectivity index (χ3n) is 3.48. The van der Waals surface area contributed by atoms with Gasteiger partial charge in [0.25, 0.3) is 11.8 Å². The summed E-state index contributed by atoms with van der Waals surface area (Å²) >= 11 is 0. The molecule has 2 aromatic heterocycles. The minimum atomic E-state index is -0.687. The second kappa shape index (κ2) is 8.11. The fourth-order valence-corrected chi connectivity index (χ4v) is 2.18. The lowest BCUT2D eigenvalue weighted by molar-refractivity contribution is -0.149. The minimum Gasteiger partial charge on any atom is -0.459 e. The molecule has 0 bridgehead atoms. The molecule has 1 atom stereocenters. The molecule has 1 aromatic carbocycles. The Hall–Kier alpha value is -3.42. The number of carbonyl (C=O) groups is 2. The molecule has 0 aliphatic rings. The van der Waals surface area contributed by atoms with Gasteiger partial charge in [-0.15, -0.1) is 10.2 Å². The van der Waals surface area contributed by atoms with Gasteiger partial charge in [0.2, 0.25) is 5.89 Å². The predicted molar refractivity (Wildman–Crippen MR) is 89.9 cm³/mol. The van der Waals surface area contributed by atoms with E-state index in [1.165, 1.54) is 12.3 Å². The van der Waals surface area contributed by atoms with E-state index in [1.54, 1.807) is 13.0 Å². The van der Waals surface area contributed by atoms with Crippen molar-refractivity contribution in [2.45, 2.75) is 19.4 Å². The lowest BCUT2D eigenvalue weighted by Crippen LogP contribution is -2.26. The molecule has 0 unspecified atom stereocenters. The smallest absolute Gasteiger partial charge is 0.308 e. The molecule has 3 aromatic rings. The Morgan fingerprint density at radius 3 is 2.69 bits per heavy atom. The van der Waals surface area contributed by atoms with Gasteiger partial charge < -0.3 is 18.9 Å². The summed E-state index contributed by atoms with van der Waals surface area (Å²) in [5, 5.41) is 10.4. The van der Waals surface area contributed by atoms with Gasteiger partial charge in [0.15, 0.2) is 11.9 Å². The first-order valence-electron chi connectivity index (χ1n) is 8.03. The maximum atomic E-state index is 11.9. The molecule has 1 N–H and O–H groups in total. The lowest BCUT2D eigenvalue weighted by Gasteiger charge is -2.09. The van der Waals surface area contributed by atoms with E-state index < -0.39 is 12.1 Å². The van der Waals surface area contributed by atoms with Crippen LogP contribution < -0.4 is 5.32 Å². The van der Waals surface area contributed by atoms with Crippen LogP contribution in [0, 0.1) is 0 Å². The van der Waals surface area contributed by atoms with Crippen molar-refractivity contribution < 1.29 is 23.2 Å². The quantitative estimate of drug-likeness (QED) is 0.649. The largest absolute Gasteiger partial charge is 0.459 e. The highest BCUT2D eigenvalue weighted by Crippen LogP contribution is 2.22. The average molecular weight is 355 g/mol. The number of nitrogens with one attached hydrogen (secondary N) is 1. The number of amides is 1. The van der Waals surface area contributed by atoms with Crippen LogP contribution in [0.5, 0.6) is 0 Å². The molecule has 0 aliphatic carbocycles. The Bertz CT molecular complexity index is 858. The van der Waals surface area contributed by atoms with Crippen molar-refractivity contribution in [2.75, 3.05) is 6.54 Å². The van der Waals surface area contributed by atoms with Crippen LogP contribution >= 0.6 is 0 Å². The molecule has 0 saturated carbocycles. The van der Waals surface area contributed by atoms with Crippen LogP contribution in [0.25, 0.3) is 11.5 Å². The van der Waals surface area contributed by atoms with Gasteiger partial charge in [0.05, 0.1) is 12.7 Å². The van der Waals surface area contributed by atoms with Crippen LogP contribution in [-0.2, 0) is 9.53 Å². The zero-order valence-corrected chi connectivity index (χ0v) is 14.0. The summed E-state index contributed by atoms with van der Waals surface area (Å²) in [4.78, 5) is 23.6. The van der Waals surface area contributed by atoms with E-state index >= 15 is 0 Å². The van der Waals surface area contributed by atoms with Gasteiger partial charge in [0.1, 0.15) is 0 Å².